The molecule has 0 aliphatic heterocycles. The first-order chi connectivity index (χ1) is 10.7. The number of anilines is 2. The molecule has 2 rings (SSSR count). The fourth-order valence-corrected chi connectivity index (χ4v) is 3.18. The van der Waals surface area contributed by atoms with E-state index in [1.165, 1.54) is 26.1 Å². The molecule has 1 aliphatic rings. The summed E-state index contributed by atoms with van der Waals surface area (Å²) in [5, 5.41) is 9.28. The minimum atomic E-state index is -3.50. The van der Waals surface area contributed by atoms with Crippen molar-refractivity contribution in [2.75, 3.05) is 35.6 Å². The number of hydrogen-bond donors (Lipinski definition) is 1. The number of nitrogens with zero attached hydrogens (tertiary/aromatic N) is 3. The Kier molecular flexibility index (Phi) is 4.84. The van der Waals surface area contributed by atoms with Crippen LogP contribution in [-0.2, 0) is 10.0 Å². The molecule has 7 nitrogen and oxygen atoms in total. The molecule has 0 bridgehead atoms. The number of carbonyl (C=O) groups is 1. The van der Waals surface area contributed by atoms with E-state index < -0.39 is 16.0 Å². The summed E-state index contributed by atoms with van der Waals surface area (Å²) in [6.45, 7) is 4.49. The maximum atomic E-state index is 12.0. The Labute approximate surface area is 137 Å². The van der Waals surface area contributed by atoms with Gasteiger partial charge < -0.3 is 10.0 Å². The van der Waals surface area contributed by atoms with Crippen LogP contribution < -0.4 is 9.21 Å². The van der Waals surface area contributed by atoms with Gasteiger partial charge in [0.1, 0.15) is 11.6 Å². The van der Waals surface area contributed by atoms with Crippen LogP contribution in [0.15, 0.2) is 12.1 Å². The van der Waals surface area contributed by atoms with Gasteiger partial charge >= 0.3 is 5.97 Å². The Balaban J connectivity index is 2.37. The predicted molar refractivity (Wildman–Crippen MR) is 89.6 cm³/mol. The molecule has 23 heavy (non-hydrogen) atoms. The largest absolute Gasteiger partial charge is 0.478 e. The van der Waals surface area contributed by atoms with E-state index in [-0.39, 0.29) is 17.1 Å². The molecule has 0 radical (unpaired) electrons. The lowest BCUT2D eigenvalue weighted by molar-refractivity contribution is 0.0697. The highest BCUT2D eigenvalue weighted by atomic mass is 32.2. The third kappa shape index (κ3) is 3.93. The molecule has 1 aromatic rings. The lowest BCUT2D eigenvalue weighted by Crippen LogP contribution is -2.30. The molecule has 0 amide bonds. The first kappa shape index (κ1) is 17.5. The summed E-state index contributed by atoms with van der Waals surface area (Å²) in [4.78, 5) is 17.6. The van der Waals surface area contributed by atoms with Gasteiger partial charge in [0.25, 0.3) is 0 Å². The van der Waals surface area contributed by atoms with Crippen molar-refractivity contribution in [1.82, 2.24) is 4.98 Å². The van der Waals surface area contributed by atoms with Crippen LogP contribution in [0.25, 0.3) is 0 Å². The van der Waals surface area contributed by atoms with Crippen molar-refractivity contribution in [3.8, 4) is 0 Å². The zero-order valence-corrected chi connectivity index (χ0v) is 14.7. The van der Waals surface area contributed by atoms with Crippen LogP contribution in [0.1, 0.15) is 30.6 Å². The summed E-state index contributed by atoms with van der Waals surface area (Å²) >= 11 is 0. The Morgan fingerprint density at radius 1 is 1.35 bits per heavy atom. The second-order valence-corrected chi connectivity index (χ2v) is 8.39. The molecular formula is C15H23N3O4S. The van der Waals surface area contributed by atoms with Gasteiger partial charge in [-0.25, -0.2) is 18.2 Å². The van der Waals surface area contributed by atoms with Crippen molar-refractivity contribution < 1.29 is 18.3 Å². The van der Waals surface area contributed by atoms with E-state index in [1.807, 2.05) is 11.9 Å². The summed E-state index contributed by atoms with van der Waals surface area (Å²) < 4.78 is 25.1. The average molecular weight is 341 g/mol. The molecule has 1 aromatic heterocycles. The maximum Gasteiger partial charge on any atom is 0.335 e. The highest BCUT2D eigenvalue weighted by Gasteiger charge is 2.33. The first-order valence-electron chi connectivity index (χ1n) is 7.58. The minimum Gasteiger partial charge on any atom is -0.478 e. The normalized spacial score (nSPS) is 20.2. The molecule has 1 fully saturated rings. The van der Waals surface area contributed by atoms with Gasteiger partial charge in [-0.15, -0.1) is 0 Å². The summed E-state index contributed by atoms with van der Waals surface area (Å²) in [6, 6.07) is 2.76. The quantitative estimate of drug-likeness (QED) is 0.811. The molecule has 0 aromatic carbocycles. The fraction of sp³-hybridized carbons (Fsp3) is 0.600. The Hall–Kier alpha value is -1.83. The monoisotopic (exact) mass is 341 g/mol. The number of pyridine rings is 1. The highest BCUT2D eigenvalue weighted by molar-refractivity contribution is 7.92. The highest BCUT2D eigenvalue weighted by Crippen LogP contribution is 2.38. The van der Waals surface area contributed by atoms with Crippen LogP contribution in [0, 0.1) is 11.8 Å². The molecule has 128 valence electrons. The van der Waals surface area contributed by atoms with Gasteiger partial charge in [0.15, 0.2) is 0 Å². The number of hydrogen-bond acceptors (Lipinski definition) is 5. The second kappa shape index (κ2) is 6.35. The molecular weight excluding hydrogens is 318 g/mol. The van der Waals surface area contributed by atoms with E-state index in [9.17, 15) is 18.3 Å². The smallest absolute Gasteiger partial charge is 0.335 e. The van der Waals surface area contributed by atoms with E-state index in [1.54, 1.807) is 0 Å². The van der Waals surface area contributed by atoms with Gasteiger partial charge in [-0.05, 0) is 37.3 Å². The number of aromatic carboxylic acids is 1. The van der Waals surface area contributed by atoms with Crippen molar-refractivity contribution in [2.24, 2.45) is 11.8 Å². The molecule has 1 aliphatic carbocycles. The van der Waals surface area contributed by atoms with Crippen LogP contribution in [0.3, 0.4) is 0 Å². The number of aromatic nitrogens is 1. The van der Waals surface area contributed by atoms with Gasteiger partial charge in [0, 0.05) is 20.6 Å². The van der Waals surface area contributed by atoms with Gasteiger partial charge in [-0.3, -0.25) is 4.31 Å². The molecule has 2 atom stereocenters. The summed E-state index contributed by atoms with van der Waals surface area (Å²) in [5.41, 5.74) is 0.0267. The van der Waals surface area contributed by atoms with E-state index in [0.29, 0.717) is 17.7 Å². The van der Waals surface area contributed by atoms with Crippen LogP contribution in [0.4, 0.5) is 11.6 Å². The Bertz CT molecular complexity index is 705. The molecule has 8 heteroatoms. The van der Waals surface area contributed by atoms with Crippen molar-refractivity contribution in [1.29, 1.82) is 0 Å². The number of sulfonamides is 1. The third-order valence-electron chi connectivity index (χ3n) is 4.33. The van der Waals surface area contributed by atoms with E-state index in [4.69, 9.17) is 0 Å². The summed E-state index contributed by atoms with van der Waals surface area (Å²) in [5.74, 6) is 0.659. The third-order valence-corrected chi connectivity index (χ3v) is 6.08. The van der Waals surface area contributed by atoms with Crippen molar-refractivity contribution in [3.05, 3.63) is 17.7 Å². The topological polar surface area (TPSA) is 90.8 Å². The molecule has 1 heterocycles. The van der Waals surface area contributed by atoms with Crippen molar-refractivity contribution >= 4 is 27.6 Å². The SMILES string of the molecule is CCS(=O)(=O)N(C)c1cc(C(=O)O)cc(N(C)CC2CC2C)n1. The summed E-state index contributed by atoms with van der Waals surface area (Å²) in [7, 11) is -0.263. The minimum absolute atomic E-state index is 0.0267. The number of carboxylic acid groups (broad SMARTS) is 1. The van der Waals surface area contributed by atoms with Gasteiger partial charge in [0.05, 0.1) is 11.3 Å². The molecule has 1 N–H and O–H groups in total. The zero-order chi connectivity index (χ0) is 17.4. The second-order valence-electron chi connectivity index (χ2n) is 6.10. The van der Waals surface area contributed by atoms with E-state index in [0.717, 1.165) is 17.3 Å². The standard InChI is InChI=1S/C15H23N3O4S/c1-5-23(21,22)18(4)14-8-11(15(19)20)7-13(16-14)17(3)9-12-6-10(12)2/h7-8,10,12H,5-6,9H2,1-4H3,(H,19,20). The van der Waals surface area contributed by atoms with Crippen molar-refractivity contribution in [2.45, 2.75) is 20.3 Å². The van der Waals surface area contributed by atoms with Crippen LogP contribution in [0.5, 0.6) is 0 Å². The van der Waals surface area contributed by atoms with E-state index >= 15 is 0 Å². The fourth-order valence-electron chi connectivity index (χ4n) is 2.42. The predicted octanol–water partition coefficient (Wildman–Crippen LogP) is 1.66. The number of rotatable bonds is 7. The Morgan fingerprint density at radius 3 is 2.39 bits per heavy atom. The van der Waals surface area contributed by atoms with Crippen LogP contribution >= 0.6 is 0 Å². The van der Waals surface area contributed by atoms with Crippen LogP contribution in [-0.4, -0.2) is 50.9 Å². The van der Waals surface area contributed by atoms with Gasteiger partial charge in [-0.2, -0.15) is 0 Å². The Morgan fingerprint density at radius 2 is 1.91 bits per heavy atom. The maximum absolute atomic E-state index is 12.0. The van der Waals surface area contributed by atoms with E-state index in [2.05, 4.69) is 11.9 Å². The average Bonchev–Trinajstić information content (AvgIpc) is 3.20. The number of carboxylic acids is 1. The lowest BCUT2D eigenvalue weighted by Gasteiger charge is -2.23. The molecule has 1 saturated carbocycles. The molecule has 0 spiro atoms. The van der Waals surface area contributed by atoms with Gasteiger partial charge in [0.2, 0.25) is 10.0 Å². The van der Waals surface area contributed by atoms with Crippen LogP contribution in [0.2, 0.25) is 0 Å². The summed E-state index contributed by atoms with van der Waals surface area (Å²) in [6.07, 6.45) is 1.15. The molecule has 2 unspecified atom stereocenters. The van der Waals surface area contributed by atoms with Crippen molar-refractivity contribution in [3.63, 3.8) is 0 Å². The van der Waals surface area contributed by atoms with Gasteiger partial charge in [-0.1, -0.05) is 6.92 Å². The lowest BCUT2D eigenvalue weighted by atomic mass is 10.2. The molecule has 0 saturated heterocycles. The first-order valence-corrected chi connectivity index (χ1v) is 9.19. The zero-order valence-electron chi connectivity index (χ0n) is 13.9.